The molecule has 0 spiro atoms. The van der Waals surface area contributed by atoms with E-state index < -0.39 is 17.5 Å². The predicted molar refractivity (Wildman–Crippen MR) is 54.7 cm³/mol. The zero-order valence-electron chi connectivity index (χ0n) is 10.1. The molecule has 0 rings (SSSR count). The molecule has 4 heteroatoms. The van der Waals surface area contributed by atoms with Gasteiger partial charge in [0.05, 0.1) is 0 Å². The fraction of sp³-hybridized carbons (Fsp3) is 1.00. The predicted octanol–water partition coefficient (Wildman–Crippen LogP) is 4.23. The Hall–Kier alpha value is 0.218. The van der Waals surface area contributed by atoms with Gasteiger partial charge >= 0.3 is 93.1 Å². The van der Waals surface area contributed by atoms with Crippen molar-refractivity contribution in [1.82, 2.24) is 0 Å². The molecule has 0 aliphatic carbocycles. The van der Waals surface area contributed by atoms with Crippen molar-refractivity contribution in [2.75, 3.05) is 0 Å². The molecule has 0 atom stereocenters. The molecule has 0 saturated carbocycles. The monoisotopic (exact) mass is 373 g/mol. The third-order valence-corrected chi connectivity index (χ3v) is 7.01. The van der Waals surface area contributed by atoms with Crippen LogP contribution in [-0.2, 0) is 17.5 Å². The Morgan fingerprint density at radius 2 is 1.21 bits per heavy atom. The molecule has 0 aromatic rings. The number of halogens is 1. The van der Waals surface area contributed by atoms with Crippen LogP contribution in [0.1, 0.15) is 54.4 Å². The molecule has 0 unspecified atom stereocenters. The van der Waals surface area contributed by atoms with Gasteiger partial charge in [-0.1, -0.05) is 0 Å². The molecule has 0 aromatic carbocycles. The Morgan fingerprint density at radius 3 is 1.43 bits per heavy atom. The zero-order chi connectivity index (χ0) is 11.4. The second-order valence-electron chi connectivity index (χ2n) is 4.73. The molecule has 2 nitrogen and oxygen atoms in total. The molecule has 0 saturated heterocycles. The van der Waals surface area contributed by atoms with E-state index in [4.69, 9.17) is 0 Å². The standard InChI is InChI=1S/2C5H11N.FH.W/c2*1-4-5(2,3)6;;/h2*4H2,1-3H3;1H;/q;;;+1/p-1. The van der Waals surface area contributed by atoms with Crippen molar-refractivity contribution in [1.29, 1.82) is 0 Å². The molecule has 0 aromatic heterocycles. The first-order valence-electron chi connectivity index (χ1n) is 5.09. The minimum atomic E-state index is -3.28. The maximum atomic E-state index is 13.6. The molecule has 14 heavy (non-hydrogen) atoms. The van der Waals surface area contributed by atoms with Crippen molar-refractivity contribution >= 4 is 0 Å². The van der Waals surface area contributed by atoms with E-state index in [1.54, 1.807) is 0 Å². The Bertz CT molecular complexity index is 239. The Morgan fingerprint density at radius 1 is 0.929 bits per heavy atom. The van der Waals surface area contributed by atoms with Crippen LogP contribution < -0.4 is 0 Å². The Balaban J connectivity index is 4.86. The van der Waals surface area contributed by atoms with E-state index in [1.165, 1.54) is 0 Å². The molecule has 0 radical (unpaired) electrons. The summed E-state index contributed by atoms with van der Waals surface area (Å²) in [6.45, 7) is 12.0. The Kier molecular flexibility index (Phi) is 5.43. The Labute approximate surface area is 93.2 Å². The molecular weight excluding hydrogens is 351 g/mol. The summed E-state index contributed by atoms with van der Waals surface area (Å²) in [4.78, 5) is 0. The van der Waals surface area contributed by atoms with Crippen LogP contribution in [0.3, 0.4) is 0 Å². The summed E-state index contributed by atoms with van der Waals surface area (Å²) in [6, 6.07) is 0. The minimum absolute atomic E-state index is 0.226. The van der Waals surface area contributed by atoms with Crippen molar-refractivity contribution in [3.05, 3.63) is 0 Å². The summed E-state index contributed by atoms with van der Waals surface area (Å²) in [6.07, 6.45) is 1.75. The summed E-state index contributed by atoms with van der Waals surface area (Å²) in [5.41, 5.74) is -0.453. The average Bonchev–Trinajstić information content (AvgIpc) is 2.02. The van der Waals surface area contributed by atoms with Crippen LogP contribution in [0.2, 0.25) is 0 Å². The SMILES string of the molecule is CCC(C)(C)[N]=[W]([F])=[N]C(C)(C)CC. The fourth-order valence-corrected chi connectivity index (χ4v) is 4.56. The van der Waals surface area contributed by atoms with Gasteiger partial charge in [0.2, 0.25) is 0 Å². The maximum absolute atomic E-state index is 13.6. The van der Waals surface area contributed by atoms with E-state index in [1.807, 2.05) is 41.5 Å². The summed E-state index contributed by atoms with van der Waals surface area (Å²) in [5.74, 6) is 0. The van der Waals surface area contributed by atoms with Gasteiger partial charge in [-0.3, -0.25) is 0 Å². The van der Waals surface area contributed by atoms with Gasteiger partial charge < -0.3 is 0 Å². The molecule has 0 N–H and O–H groups in total. The molecule has 0 amide bonds. The van der Waals surface area contributed by atoms with Crippen LogP contribution in [0.4, 0.5) is 3.16 Å². The van der Waals surface area contributed by atoms with Crippen LogP contribution in [-0.4, -0.2) is 11.1 Å². The average molecular weight is 373 g/mol. The van der Waals surface area contributed by atoms with Crippen molar-refractivity contribution in [2.45, 2.75) is 65.5 Å². The molecule has 85 valence electrons. The second kappa shape index (κ2) is 5.34. The third kappa shape index (κ3) is 5.85. The molecule has 0 fully saturated rings. The van der Waals surface area contributed by atoms with E-state index in [9.17, 15) is 3.16 Å². The number of nitrogens with zero attached hydrogens (tertiary/aromatic N) is 2. The van der Waals surface area contributed by atoms with Crippen molar-refractivity contribution in [2.24, 2.45) is 6.99 Å². The van der Waals surface area contributed by atoms with Crippen LogP contribution in [0.5, 0.6) is 0 Å². The zero-order valence-corrected chi connectivity index (χ0v) is 13.0. The van der Waals surface area contributed by atoms with Crippen molar-refractivity contribution < 1.29 is 20.6 Å². The third-order valence-electron chi connectivity index (χ3n) is 2.38. The summed E-state index contributed by atoms with van der Waals surface area (Å²) in [5, 5.41) is 0. The second-order valence-corrected chi connectivity index (χ2v) is 7.62. The van der Waals surface area contributed by atoms with E-state index in [-0.39, 0.29) is 11.1 Å². The van der Waals surface area contributed by atoms with Crippen molar-refractivity contribution in [3.8, 4) is 0 Å². The van der Waals surface area contributed by atoms with E-state index in [2.05, 4.69) is 6.99 Å². The quantitative estimate of drug-likeness (QED) is 0.705. The van der Waals surface area contributed by atoms with Crippen LogP contribution in [0.25, 0.3) is 0 Å². The van der Waals surface area contributed by atoms with Gasteiger partial charge in [-0.15, -0.1) is 0 Å². The first kappa shape index (κ1) is 14.2. The van der Waals surface area contributed by atoms with Gasteiger partial charge in [0.25, 0.3) is 0 Å². The van der Waals surface area contributed by atoms with E-state index in [0.29, 0.717) is 0 Å². The van der Waals surface area contributed by atoms with Gasteiger partial charge in [-0.25, -0.2) is 0 Å². The van der Waals surface area contributed by atoms with Crippen LogP contribution in [0.15, 0.2) is 6.99 Å². The summed E-state index contributed by atoms with van der Waals surface area (Å²) < 4.78 is 22.1. The fourth-order valence-electron chi connectivity index (χ4n) is 0.557. The summed E-state index contributed by atoms with van der Waals surface area (Å²) >= 11 is -3.28. The number of rotatable bonds is 4. The molecule has 0 aliphatic rings. The molecule has 0 bridgehead atoms. The van der Waals surface area contributed by atoms with Gasteiger partial charge in [0, 0.05) is 0 Å². The topological polar surface area (TPSA) is 24.7 Å². The van der Waals surface area contributed by atoms with E-state index >= 15 is 0 Å². The van der Waals surface area contributed by atoms with Crippen LogP contribution >= 0.6 is 0 Å². The normalized spacial score (nSPS) is 14.9. The number of hydrogen-bond donors (Lipinski definition) is 0. The first-order valence-corrected chi connectivity index (χ1v) is 8.82. The molecule has 0 aliphatic heterocycles. The van der Waals surface area contributed by atoms with Gasteiger partial charge in [0.1, 0.15) is 0 Å². The molecule has 0 heterocycles. The van der Waals surface area contributed by atoms with Gasteiger partial charge in [0.15, 0.2) is 0 Å². The number of hydrogen-bond acceptors (Lipinski definition) is 2. The van der Waals surface area contributed by atoms with E-state index in [0.717, 1.165) is 12.8 Å². The first-order chi connectivity index (χ1) is 6.22. The van der Waals surface area contributed by atoms with Crippen LogP contribution in [0, 0.1) is 0 Å². The molecular formula is C10H22FN2W. The summed E-state index contributed by atoms with van der Waals surface area (Å²) in [7, 11) is 0. The van der Waals surface area contributed by atoms with Gasteiger partial charge in [-0.2, -0.15) is 0 Å². The van der Waals surface area contributed by atoms with Gasteiger partial charge in [-0.05, 0) is 0 Å². The van der Waals surface area contributed by atoms with Crippen molar-refractivity contribution in [3.63, 3.8) is 0 Å².